The third kappa shape index (κ3) is 4.75. The molecule has 0 bridgehead atoms. The smallest absolute Gasteiger partial charge is 0.417 e. The largest absolute Gasteiger partial charge is 0.497 e. The highest BCUT2D eigenvalue weighted by atomic mass is 19.4. The van der Waals surface area contributed by atoms with Gasteiger partial charge < -0.3 is 19.9 Å². The minimum Gasteiger partial charge on any atom is -0.497 e. The van der Waals surface area contributed by atoms with Crippen LogP contribution in [0.3, 0.4) is 0 Å². The van der Waals surface area contributed by atoms with Gasteiger partial charge in [-0.3, -0.25) is 4.79 Å². The first-order chi connectivity index (χ1) is 10.5. The molecular weight excluding hydrogens is 315 g/mol. The molecule has 0 saturated heterocycles. The Morgan fingerprint density at radius 2 is 1.91 bits per heavy atom. The molecule has 0 saturated carbocycles. The van der Waals surface area contributed by atoms with Gasteiger partial charge in [0.1, 0.15) is 11.5 Å². The highest BCUT2D eigenvalue weighted by Crippen LogP contribution is 2.33. The highest BCUT2D eigenvalue weighted by Gasteiger charge is 2.51. The van der Waals surface area contributed by atoms with E-state index in [1.165, 1.54) is 14.2 Å². The molecule has 0 aromatic heterocycles. The van der Waals surface area contributed by atoms with Gasteiger partial charge in [0.15, 0.2) is 5.60 Å². The number of ether oxygens (including phenoxy) is 2. The van der Waals surface area contributed by atoms with Crippen LogP contribution >= 0.6 is 0 Å². The minimum absolute atomic E-state index is 0.459. The van der Waals surface area contributed by atoms with E-state index in [0.717, 1.165) is 0 Å². The third-order valence-corrected chi connectivity index (χ3v) is 3.40. The summed E-state index contributed by atoms with van der Waals surface area (Å²) >= 11 is 0. The summed E-state index contributed by atoms with van der Waals surface area (Å²) in [5.74, 6) is 0.0510. The van der Waals surface area contributed by atoms with Crippen LogP contribution in [0.1, 0.15) is 31.9 Å². The van der Waals surface area contributed by atoms with Crippen LogP contribution in [-0.4, -0.2) is 37.0 Å². The number of hydrogen-bond acceptors (Lipinski definition) is 4. The van der Waals surface area contributed by atoms with Crippen molar-refractivity contribution in [3.05, 3.63) is 23.8 Å². The quantitative estimate of drug-likeness (QED) is 0.838. The molecule has 5 nitrogen and oxygen atoms in total. The predicted octanol–water partition coefficient (Wildman–Crippen LogP) is 2.58. The number of alkyl halides is 3. The minimum atomic E-state index is -4.89. The van der Waals surface area contributed by atoms with Gasteiger partial charge in [-0.2, -0.15) is 13.2 Å². The van der Waals surface area contributed by atoms with Crippen molar-refractivity contribution in [2.45, 2.75) is 38.1 Å². The van der Waals surface area contributed by atoms with Gasteiger partial charge in [-0.15, -0.1) is 0 Å². The summed E-state index contributed by atoms with van der Waals surface area (Å²) in [6, 6.07) is 4.27. The molecule has 2 atom stereocenters. The Kier molecular flexibility index (Phi) is 5.87. The van der Waals surface area contributed by atoms with Gasteiger partial charge >= 0.3 is 6.18 Å². The Bertz CT molecular complexity index is 558. The van der Waals surface area contributed by atoms with Gasteiger partial charge in [-0.25, -0.2) is 0 Å². The van der Waals surface area contributed by atoms with Crippen molar-refractivity contribution in [2.75, 3.05) is 14.2 Å². The van der Waals surface area contributed by atoms with Crippen molar-refractivity contribution in [1.82, 2.24) is 5.32 Å². The number of methoxy groups -OCH3 is 2. The van der Waals surface area contributed by atoms with Crippen molar-refractivity contribution in [1.29, 1.82) is 0 Å². The highest BCUT2D eigenvalue weighted by molar-refractivity contribution is 5.77. The average molecular weight is 335 g/mol. The van der Waals surface area contributed by atoms with Crippen molar-refractivity contribution in [2.24, 2.45) is 0 Å². The monoisotopic (exact) mass is 335 g/mol. The van der Waals surface area contributed by atoms with Gasteiger partial charge in [0.2, 0.25) is 5.91 Å². The molecule has 23 heavy (non-hydrogen) atoms. The van der Waals surface area contributed by atoms with Crippen molar-refractivity contribution in [3.63, 3.8) is 0 Å². The zero-order valence-corrected chi connectivity index (χ0v) is 13.3. The summed E-state index contributed by atoms with van der Waals surface area (Å²) in [6.07, 6.45) is -5.98. The Morgan fingerprint density at radius 1 is 1.30 bits per heavy atom. The van der Waals surface area contributed by atoms with Crippen LogP contribution in [0.25, 0.3) is 0 Å². The first-order valence-corrected chi connectivity index (χ1v) is 6.82. The topological polar surface area (TPSA) is 67.8 Å². The van der Waals surface area contributed by atoms with E-state index in [1.807, 2.05) is 0 Å². The van der Waals surface area contributed by atoms with Gasteiger partial charge in [-0.05, 0) is 32.0 Å². The predicted molar refractivity (Wildman–Crippen MR) is 77.4 cm³/mol. The summed E-state index contributed by atoms with van der Waals surface area (Å²) < 4.78 is 48.1. The number of carbonyl (C=O) groups excluding carboxylic acids is 1. The van der Waals surface area contributed by atoms with Crippen LogP contribution in [0.2, 0.25) is 0 Å². The molecule has 130 valence electrons. The Labute approximate surface area is 132 Å². The molecule has 1 amide bonds. The van der Waals surface area contributed by atoms with Crippen molar-refractivity contribution >= 4 is 5.91 Å². The van der Waals surface area contributed by atoms with E-state index in [2.05, 4.69) is 5.32 Å². The van der Waals surface area contributed by atoms with Gasteiger partial charge in [0.25, 0.3) is 0 Å². The number of carbonyl (C=O) groups is 1. The number of rotatable bonds is 6. The van der Waals surface area contributed by atoms with E-state index in [4.69, 9.17) is 9.47 Å². The van der Waals surface area contributed by atoms with Crippen LogP contribution < -0.4 is 14.8 Å². The standard InChI is InChI=1S/C15H20F3NO4/c1-9(11-7-10(22-3)5-6-12(11)23-4)19-13(20)8-14(2,21)15(16,17)18/h5-7,9,21H,8H2,1-4H3,(H,19,20)/t9-,14+/m0/s1. The van der Waals surface area contributed by atoms with E-state index in [-0.39, 0.29) is 0 Å². The SMILES string of the molecule is COc1ccc(OC)c([C@H](C)NC(=O)C[C@@](C)(O)C(F)(F)F)c1. The summed E-state index contributed by atoms with van der Waals surface area (Å²) in [6.45, 7) is 2.15. The molecule has 0 aliphatic rings. The lowest BCUT2D eigenvalue weighted by atomic mass is 10.0. The lowest BCUT2D eigenvalue weighted by Crippen LogP contribution is -2.46. The summed E-state index contributed by atoms with van der Waals surface area (Å²) in [5, 5.41) is 11.8. The van der Waals surface area contributed by atoms with E-state index < -0.39 is 30.1 Å². The second kappa shape index (κ2) is 7.08. The molecule has 0 radical (unpaired) electrons. The van der Waals surface area contributed by atoms with E-state index in [1.54, 1.807) is 25.1 Å². The Morgan fingerprint density at radius 3 is 2.39 bits per heavy atom. The number of benzene rings is 1. The zero-order valence-electron chi connectivity index (χ0n) is 13.3. The summed E-state index contributed by atoms with van der Waals surface area (Å²) in [5.41, 5.74) is -2.54. The van der Waals surface area contributed by atoms with Gasteiger partial charge in [0.05, 0.1) is 26.7 Å². The molecular formula is C15H20F3NO4. The van der Waals surface area contributed by atoms with Crippen LogP contribution in [0.5, 0.6) is 11.5 Å². The molecule has 8 heteroatoms. The maximum Gasteiger partial charge on any atom is 0.417 e. The number of amides is 1. The molecule has 1 aromatic carbocycles. The molecule has 0 aliphatic heterocycles. The fourth-order valence-corrected chi connectivity index (χ4v) is 1.96. The summed E-state index contributed by atoms with van der Waals surface area (Å²) in [4.78, 5) is 11.8. The first-order valence-electron chi connectivity index (χ1n) is 6.82. The Balaban J connectivity index is 2.87. The molecule has 0 heterocycles. The van der Waals surface area contributed by atoms with Crippen LogP contribution in [0.4, 0.5) is 13.2 Å². The summed E-state index contributed by atoms with van der Waals surface area (Å²) in [7, 11) is 2.91. The zero-order chi connectivity index (χ0) is 17.8. The molecule has 0 unspecified atom stereocenters. The third-order valence-electron chi connectivity index (χ3n) is 3.40. The lowest BCUT2D eigenvalue weighted by Gasteiger charge is -2.26. The fourth-order valence-electron chi connectivity index (χ4n) is 1.96. The van der Waals surface area contributed by atoms with E-state index >= 15 is 0 Å². The second-order valence-electron chi connectivity index (χ2n) is 5.35. The number of halogens is 3. The van der Waals surface area contributed by atoms with Crippen molar-refractivity contribution < 1.29 is 32.5 Å². The molecule has 0 spiro atoms. The van der Waals surface area contributed by atoms with Gasteiger partial charge in [-0.1, -0.05) is 0 Å². The molecule has 0 aliphatic carbocycles. The normalized spacial score (nSPS) is 15.5. The lowest BCUT2D eigenvalue weighted by molar-refractivity contribution is -0.253. The maximum atomic E-state index is 12.6. The van der Waals surface area contributed by atoms with Crippen LogP contribution in [-0.2, 0) is 4.79 Å². The van der Waals surface area contributed by atoms with E-state index in [0.29, 0.717) is 24.0 Å². The number of aliphatic hydroxyl groups is 1. The number of nitrogens with one attached hydrogen (secondary N) is 1. The fraction of sp³-hybridized carbons (Fsp3) is 0.533. The average Bonchev–Trinajstić information content (AvgIpc) is 2.44. The van der Waals surface area contributed by atoms with Gasteiger partial charge in [0, 0.05) is 5.56 Å². The Hall–Kier alpha value is -1.96. The van der Waals surface area contributed by atoms with Crippen molar-refractivity contribution in [3.8, 4) is 11.5 Å². The number of hydrogen-bond donors (Lipinski definition) is 2. The van der Waals surface area contributed by atoms with Crippen LogP contribution in [0.15, 0.2) is 18.2 Å². The first kappa shape index (κ1) is 19.1. The molecule has 2 N–H and O–H groups in total. The molecule has 1 aromatic rings. The van der Waals surface area contributed by atoms with Crippen LogP contribution in [0, 0.1) is 0 Å². The second-order valence-corrected chi connectivity index (χ2v) is 5.35. The van der Waals surface area contributed by atoms with E-state index in [9.17, 15) is 23.1 Å². The molecule has 0 fully saturated rings. The molecule has 1 rings (SSSR count). The maximum absolute atomic E-state index is 12.6.